The van der Waals surface area contributed by atoms with Crippen LogP contribution in [0.2, 0.25) is 0 Å². The molecule has 3 nitrogen and oxygen atoms in total. The highest BCUT2D eigenvalue weighted by atomic mass is 19.1. The van der Waals surface area contributed by atoms with E-state index in [2.05, 4.69) is 4.74 Å². The van der Waals surface area contributed by atoms with E-state index in [1.807, 2.05) is 0 Å². The molecule has 0 atom stereocenters. The number of ether oxygens (including phenoxy) is 2. The van der Waals surface area contributed by atoms with Crippen LogP contribution in [-0.4, -0.2) is 13.1 Å². The maximum atomic E-state index is 13.8. The first-order chi connectivity index (χ1) is 9.61. The minimum absolute atomic E-state index is 0.0453. The van der Waals surface area contributed by atoms with E-state index in [-0.39, 0.29) is 23.5 Å². The first-order valence-corrected chi connectivity index (χ1v) is 5.86. The van der Waals surface area contributed by atoms with Crippen LogP contribution in [0.25, 0.3) is 0 Å². The van der Waals surface area contributed by atoms with E-state index in [1.54, 1.807) is 6.07 Å². The van der Waals surface area contributed by atoms with E-state index < -0.39 is 17.6 Å². The minimum Gasteiger partial charge on any atom is -0.486 e. The first kappa shape index (κ1) is 14.0. The Balaban J connectivity index is 2.11. The minimum atomic E-state index is -0.620. The summed E-state index contributed by atoms with van der Waals surface area (Å²) in [5.74, 6) is -1.70. The Morgan fingerprint density at radius 3 is 2.50 bits per heavy atom. The number of para-hydroxylation sites is 1. The normalized spacial score (nSPS) is 10.2. The fourth-order valence-electron chi connectivity index (χ4n) is 1.63. The van der Waals surface area contributed by atoms with E-state index in [4.69, 9.17) is 4.74 Å². The van der Waals surface area contributed by atoms with Crippen molar-refractivity contribution < 1.29 is 23.0 Å². The lowest BCUT2D eigenvalue weighted by Gasteiger charge is -2.08. The van der Waals surface area contributed by atoms with Crippen molar-refractivity contribution in [2.75, 3.05) is 7.11 Å². The number of benzene rings is 2. The fraction of sp³-hybridized carbons (Fsp3) is 0.133. The number of rotatable bonds is 4. The van der Waals surface area contributed by atoms with Gasteiger partial charge in [0.05, 0.1) is 12.7 Å². The standard InChI is InChI=1S/C15H12F2O3/c1-19-15(18)10-6-7-11(13(17)8-10)9-20-14-5-3-2-4-12(14)16/h2-8H,9H2,1H3. The summed E-state index contributed by atoms with van der Waals surface area (Å²) >= 11 is 0. The van der Waals surface area contributed by atoms with Crippen LogP contribution in [0, 0.1) is 11.6 Å². The van der Waals surface area contributed by atoms with Gasteiger partial charge in [0.1, 0.15) is 12.4 Å². The highest BCUT2D eigenvalue weighted by molar-refractivity contribution is 5.89. The molecule has 104 valence electrons. The Labute approximate surface area is 114 Å². The Hall–Kier alpha value is -2.43. The average molecular weight is 278 g/mol. The smallest absolute Gasteiger partial charge is 0.337 e. The van der Waals surface area contributed by atoms with Gasteiger partial charge in [-0.1, -0.05) is 18.2 Å². The molecule has 5 heteroatoms. The molecule has 0 saturated carbocycles. The van der Waals surface area contributed by atoms with E-state index in [0.717, 1.165) is 6.07 Å². The number of hydrogen-bond donors (Lipinski definition) is 0. The van der Waals surface area contributed by atoms with Gasteiger partial charge in [-0.05, 0) is 24.3 Å². The Bertz CT molecular complexity index is 626. The van der Waals surface area contributed by atoms with Crippen molar-refractivity contribution >= 4 is 5.97 Å². The predicted molar refractivity (Wildman–Crippen MR) is 68.5 cm³/mol. The molecule has 0 heterocycles. The number of esters is 1. The van der Waals surface area contributed by atoms with E-state index in [9.17, 15) is 13.6 Å². The molecule has 2 aromatic carbocycles. The van der Waals surface area contributed by atoms with E-state index >= 15 is 0 Å². The van der Waals surface area contributed by atoms with Crippen LogP contribution in [0.15, 0.2) is 42.5 Å². The van der Waals surface area contributed by atoms with Gasteiger partial charge in [0.2, 0.25) is 0 Å². The zero-order valence-corrected chi connectivity index (χ0v) is 10.7. The van der Waals surface area contributed by atoms with Crippen LogP contribution in [0.5, 0.6) is 5.75 Å². The number of carbonyl (C=O) groups is 1. The third-order valence-corrected chi connectivity index (χ3v) is 2.69. The molecule has 2 aromatic rings. The highest BCUT2D eigenvalue weighted by Crippen LogP contribution is 2.19. The van der Waals surface area contributed by atoms with Crippen molar-refractivity contribution in [3.63, 3.8) is 0 Å². The van der Waals surface area contributed by atoms with Gasteiger partial charge in [-0.3, -0.25) is 0 Å². The zero-order valence-electron chi connectivity index (χ0n) is 10.7. The lowest BCUT2D eigenvalue weighted by molar-refractivity contribution is 0.0600. The van der Waals surface area contributed by atoms with Crippen molar-refractivity contribution in [2.24, 2.45) is 0 Å². The summed E-state index contributed by atoms with van der Waals surface area (Å²) in [4.78, 5) is 11.2. The quantitative estimate of drug-likeness (QED) is 0.805. The summed E-state index contributed by atoms with van der Waals surface area (Å²) in [6.45, 7) is -0.131. The second kappa shape index (κ2) is 6.14. The molecule has 0 aliphatic heterocycles. The number of carbonyl (C=O) groups excluding carboxylic acids is 1. The molecule has 0 saturated heterocycles. The zero-order chi connectivity index (χ0) is 14.5. The van der Waals surface area contributed by atoms with Crippen LogP contribution < -0.4 is 4.74 Å². The summed E-state index contributed by atoms with van der Waals surface area (Å²) < 4.78 is 36.8. The maximum Gasteiger partial charge on any atom is 0.337 e. The van der Waals surface area contributed by atoms with Gasteiger partial charge in [0.15, 0.2) is 11.6 Å². The molecule has 0 aliphatic rings. The largest absolute Gasteiger partial charge is 0.486 e. The van der Waals surface area contributed by atoms with Gasteiger partial charge in [0.25, 0.3) is 0 Å². The summed E-state index contributed by atoms with van der Waals surface area (Å²) in [6, 6.07) is 9.76. The van der Waals surface area contributed by atoms with Crippen LogP contribution >= 0.6 is 0 Å². The third kappa shape index (κ3) is 3.12. The van der Waals surface area contributed by atoms with Gasteiger partial charge >= 0.3 is 5.97 Å². The molecular weight excluding hydrogens is 266 g/mol. The number of methoxy groups -OCH3 is 1. The van der Waals surface area contributed by atoms with Gasteiger partial charge < -0.3 is 9.47 Å². The van der Waals surface area contributed by atoms with Crippen LogP contribution in [0.1, 0.15) is 15.9 Å². The molecule has 20 heavy (non-hydrogen) atoms. The van der Waals surface area contributed by atoms with E-state index in [1.165, 1.54) is 37.4 Å². The number of halogens is 2. The Morgan fingerprint density at radius 1 is 1.10 bits per heavy atom. The Kier molecular flexibility index (Phi) is 4.30. The molecule has 0 radical (unpaired) electrons. The molecule has 0 N–H and O–H groups in total. The molecule has 2 rings (SSSR count). The molecule has 0 unspecified atom stereocenters. The molecule has 0 aliphatic carbocycles. The van der Waals surface area contributed by atoms with Crippen molar-refractivity contribution in [3.8, 4) is 5.75 Å². The van der Waals surface area contributed by atoms with Gasteiger partial charge in [-0.25, -0.2) is 13.6 Å². The molecular formula is C15H12F2O3. The first-order valence-electron chi connectivity index (χ1n) is 5.86. The second-order valence-electron chi connectivity index (χ2n) is 4.02. The predicted octanol–water partition coefficient (Wildman–Crippen LogP) is 3.33. The van der Waals surface area contributed by atoms with Crippen molar-refractivity contribution in [1.29, 1.82) is 0 Å². The summed E-state index contributed by atoms with van der Waals surface area (Å²) in [7, 11) is 1.22. The van der Waals surface area contributed by atoms with Gasteiger partial charge in [-0.15, -0.1) is 0 Å². The molecule has 0 aromatic heterocycles. The van der Waals surface area contributed by atoms with Crippen LogP contribution in [0.4, 0.5) is 8.78 Å². The van der Waals surface area contributed by atoms with E-state index in [0.29, 0.717) is 0 Å². The van der Waals surface area contributed by atoms with Crippen LogP contribution in [-0.2, 0) is 11.3 Å². The van der Waals surface area contributed by atoms with Crippen molar-refractivity contribution in [2.45, 2.75) is 6.61 Å². The molecule has 0 spiro atoms. The lowest BCUT2D eigenvalue weighted by Crippen LogP contribution is -2.05. The second-order valence-corrected chi connectivity index (χ2v) is 4.02. The third-order valence-electron chi connectivity index (χ3n) is 2.69. The average Bonchev–Trinajstić information content (AvgIpc) is 2.46. The summed E-state index contributed by atoms with van der Waals surface area (Å²) in [6.07, 6.45) is 0. The fourth-order valence-corrected chi connectivity index (χ4v) is 1.63. The summed E-state index contributed by atoms with van der Waals surface area (Å²) in [5.41, 5.74) is 0.334. The molecule has 0 bridgehead atoms. The summed E-state index contributed by atoms with van der Waals surface area (Å²) in [5, 5.41) is 0. The molecule has 0 amide bonds. The van der Waals surface area contributed by atoms with Crippen molar-refractivity contribution in [3.05, 3.63) is 65.2 Å². The lowest BCUT2D eigenvalue weighted by atomic mass is 10.1. The van der Waals surface area contributed by atoms with Crippen LogP contribution in [0.3, 0.4) is 0 Å². The van der Waals surface area contributed by atoms with Crippen molar-refractivity contribution in [1.82, 2.24) is 0 Å². The van der Waals surface area contributed by atoms with Gasteiger partial charge in [0, 0.05) is 5.56 Å². The monoisotopic (exact) mass is 278 g/mol. The topological polar surface area (TPSA) is 35.5 Å². The van der Waals surface area contributed by atoms with Gasteiger partial charge in [-0.2, -0.15) is 0 Å². The number of hydrogen-bond acceptors (Lipinski definition) is 3. The maximum absolute atomic E-state index is 13.8. The Morgan fingerprint density at radius 2 is 1.85 bits per heavy atom. The SMILES string of the molecule is COC(=O)c1ccc(COc2ccccc2F)c(F)c1. The molecule has 0 fully saturated rings. The highest BCUT2D eigenvalue weighted by Gasteiger charge is 2.11.